The number of alkyl halides is 3. The Morgan fingerprint density at radius 2 is 1.81 bits per heavy atom. The normalized spacial score (nSPS) is 11.3. The zero-order chi connectivity index (χ0) is 15.6. The van der Waals surface area contributed by atoms with Gasteiger partial charge in [0, 0.05) is 13.1 Å². The lowest BCUT2D eigenvalue weighted by Crippen LogP contribution is -2.07. The third kappa shape index (κ3) is 3.65. The highest BCUT2D eigenvalue weighted by Crippen LogP contribution is 2.34. The third-order valence-electron chi connectivity index (χ3n) is 2.94. The van der Waals surface area contributed by atoms with E-state index >= 15 is 0 Å². The van der Waals surface area contributed by atoms with Crippen molar-refractivity contribution >= 4 is 5.82 Å². The Kier molecular flexibility index (Phi) is 4.06. The van der Waals surface area contributed by atoms with Crippen molar-refractivity contribution < 1.29 is 17.9 Å². The summed E-state index contributed by atoms with van der Waals surface area (Å²) in [6.07, 6.45) is -4.45. The molecule has 6 heteroatoms. The fourth-order valence-electron chi connectivity index (χ4n) is 1.78. The molecule has 0 fully saturated rings. The predicted molar refractivity (Wildman–Crippen MR) is 74.8 cm³/mol. The number of hydrogen-bond donors (Lipinski definition) is 1. The molecule has 0 atom stereocenters. The largest absolute Gasteiger partial charge is 0.439 e. The summed E-state index contributed by atoms with van der Waals surface area (Å²) in [5.41, 5.74) is 0.976. The number of halogens is 3. The summed E-state index contributed by atoms with van der Waals surface area (Å²) in [6, 6.07) is 7.34. The maximum absolute atomic E-state index is 12.9. The summed E-state index contributed by atoms with van der Waals surface area (Å²) in [5, 5.41) is 2.60. The van der Waals surface area contributed by atoms with Crippen molar-refractivity contribution in [3.05, 3.63) is 47.0 Å². The molecule has 0 saturated heterocycles. The zero-order valence-corrected chi connectivity index (χ0v) is 11.9. The van der Waals surface area contributed by atoms with Gasteiger partial charge < -0.3 is 10.1 Å². The number of aryl methyl sites for hydroxylation is 2. The molecule has 0 aliphatic rings. The Morgan fingerprint density at radius 1 is 1.10 bits per heavy atom. The molecule has 21 heavy (non-hydrogen) atoms. The number of hydrogen-bond acceptors (Lipinski definition) is 3. The lowest BCUT2D eigenvalue weighted by molar-refractivity contribution is -0.137. The molecule has 3 nitrogen and oxygen atoms in total. The van der Waals surface area contributed by atoms with Gasteiger partial charge in [0.25, 0.3) is 0 Å². The molecule has 1 heterocycles. The number of pyridine rings is 1. The van der Waals surface area contributed by atoms with Crippen LogP contribution in [0.5, 0.6) is 11.6 Å². The minimum Gasteiger partial charge on any atom is -0.439 e. The van der Waals surface area contributed by atoms with Gasteiger partial charge in [0.05, 0.1) is 5.56 Å². The molecule has 0 aliphatic heterocycles. The highest BCUT2D eigenvalue weighted by molar-refractivity contribution is 5.44. The van der Waals surface area contributed by atoms with Crippen molar-refractivity contribution in [1.29, 1.82) is 0 Å². The van der Waals surface area contributed by atoms with Crippen LogP contribution in [0.1, 0.15) is 16.7 Å². The van der Waals surface area contributed by atoms with Gasteiger partial charge in [-0.15, -0.1) is 0 Å². The van der Waals surface area contributed by atoms with Crippen molar-refractivity contribution in [3.63, 3.8) is 0 Å². The van der Waals surface area contributed by atoms with E-state index in [1.165, 1.54) is 7.05 Å². The lowest BCUT2D eigenvalue weighted by atomic mass is 10.1. The first-order valence-corrected chi connectivity index (χ1v) is 6.32. The minimum absolute atomic E-state index is 0.0946. The standard InChI is InChI=1S/C15H15F3N2O/c1-9-4-5-10(2)12(6-9)21-14-8-11(15(16,17)18)7-13(19-3)20-14/h4-8H,1-3H3,(H,19,20). The SMILES string of the molecule is CNc1cc(C(F)(F)F)cc(Oc2cc(C)ccc2C)n1. The topological polar surface area (TPSA) is 34.1 Å². The second-order valence-corrected chi connectivity index (χ2v) is 4.70. The molecule has 0 radical (unpaired) electrons. The lowest BCUT2D eigenvalue weighted by Gasteiger charge is -2.13. The van der Waals surface area contributed by atoms with E-state index in [9.17, 15) is 13.2 Å². The van der Waals surface area contributed by atoms with E-state index in [4.69, 9.17) is 4.74 Å². The van der Waals surface area contributed by atoms with E-state index in [0.29, 0.717) is 5.75 Å². The van der Waals surface area contributed by atoms with Crippen LogP contribution in [-0.2, 0) is 6.18 Å². The van der Waals surface area contributed by atoms with Gasteiger partial charge in [-0.25, -0.2) is 0 Å². The van der Waals surface area contributed by atoms with E-state index in [1.807, 2.05) is 26.0 Å². The van der Waals surface area contributed by atoms with Gasteiger partial charge in [-0.2, -0.15) is 18.2 Å². The van der Waals surface area contributed by atoms with Gasteiger partial charge in [-0.05, 0) is 37.1 Å². The molecule has 0 saturated carbocycles. The smallest absolute Gasteiger partial charge is 0.416 e. The summed E-state index contributed by atoms with van der Waals surface area (Å²) in [5.74, 6) is 0.497. The van der Waals surface area contributed by atoms with Gasteiger partial charge in [-0.1, -0.05) is 12.1 Å². The summed E-state index contributed by atoms with van der Waals surface area (Å²) >= 11 is 0. The van der Waals surface area contributed by atoms with Crippen molar-refractivity contribution in [2.45, 2.75) is 20.0 Å². The van der Waals surface area contributed by atoms with Crippen molar-refractivity contribution in [3.8, 4) is 11.6 Å². The number of rotatable bonds is 3. The molecule has 0 unspecified atom stereocenters. The molecule has 0 bridgehead atoms. The van der Waals surface area contributed by atoms with Crippen LogP contribution in [0.15, 0.2) is 30.3 Å². The van der Waals surface area contributed by atoms with E-state index in [-0.39, 0.29) is 11.7 Å². The summed E-state index contributed by atoms with van der Waals surface area (Å²) < 4.78 is 44.1. The first-order chi connectivity index (χ1) is 9.79. The van der Waals surface area contributed by atoms with E-state index in [0.717, 1.165) is 23.3 Å². The number of ether oxygens (including phenoxy) is 1. The maximum Gasteiger partial charge on any atom is 0.416 e. The number of aromatic nitrogens is 1. The minimum atomic E-state index is -4.45. The summed E-state index contributed by atoms with van der Waals surface area (Å²) in [4.78, 5) is 4.00. The average molecular weight is 296 g/mol. The molecule has 2 aromatic rings. The van der Waals surface area contributed by atoms with Crippen LogP contribution in [-0.4, -0.2) is 12.0 Å². The fraction of sp³-hybridized carbons (Fsp3) is 0.267. The van der Waals surface area contributed by atoms with Gasteiger partial charge in [0.1, 0.15) is 11.6 Å². The molecule has 112 valence electrons. The van der Waals surface area contributed by atoms with Gasteiger partial charge in [-0.3, -0.25) is 0 Å². The van der Waals surface area contributed by atoms with Gasteiger partial charge in [0.15, 0.2) is 0 Å². The Hall–Kier alpha value is -2.24. The van der Waals surface area contributed by atoms with Crippen LogP contribution < -0.4 is 10.1 Å². The Bertz CT molecular complexity index is 654. The first-order valence-electron chi connectivity index (χ1n) is 6.32. The van der Waals surface area contributed by atoms with Crippen LogP contribution in [0.2, 0.25) is 0 Å². The molecule has 1 aromatic carbocycles. The second kappa shape index (κ2) is 5.63. The first kappa shape index (κ1) is 15.2. The third-order valence-corrected chi connectivity index (χ3v) is 2.94. The number of nitrogens with zero attached hydrogens (tertiary/aromatic N) is 1. The van der Waals surface area contributed by atoms with Gasteiger partial charge >= 0.3 is 6.18 Å². The highest BCUT2D eigenvalue weighted by atomic mass is 19.4. The van der Waals surface area contributed by atoms with Crippen LogP contribution in [0.25, 0.3) is 0 Å². The Balaban J connectivity index is 2.42. The molecule has 2 rings (SSSR count). The Labute approximate surface area is 120 Å². The monoisotopic (exact) mass is 296 g/mol. The zero-order valence-electron chi connectivity index (χ0n) is 11.9. The summed E-state index contributed by atoms with van der Waals surface area (Å²) in [7, 11) is 1.50. The van der Waals surface area contributed by atoms with E-state index in [2.05, 4.69) is 10.3 Å². The molecule has 0 amide bonds. The van der Waals surface area contributed by atoms with Crippen molar-refractivity contribution in [2.24, 2.45) is 0 Å². The van der Waals surface area contributed by atoms with E-state index < -0.39 is 11.7 Å². The van der Waals surface area contributed by atoms with Crippen LogP contribution in [0.3, 0.4) is 0 Å². The van der Waals surface area contributed by atoms with Crippen LogP contribution in [0, 0.1) is 13.8 Å². The van der Waals surface area contributed by atoms with E-state index in [1.54, 1.807) is 6.07 Å². The quantitative estimate of drug-likeness (QED) is 0.902. The van der Waals surface area contributed by atoms with Crippen molar-refractivity contribution in [2.75, 3.05) is 12.4 Å². The van der Waals surface area contributed by atoms with Gasteiger partial charge in [0.2, 0.25) is 5.88 Å². The number of anilines is 1. The second-order valence-electron chi connectivity index (χ2n) is 4.70. The van der Waals surface area contributed by atoms with Crippen LogP contribution in [0.4, 0.5) is 19.0 Å². The molecule has 1 N–H and O–H groups in total. The summed E-state index contributed by atoms with van der Waals surface area (Å²) in [6.45, 7) is 3.70. The average Bonchev–Trinajstić information content (AvgIpc) is 2.41. The highest BCUT2D eigenvalue weighted by Gasteiger charge is 2.32. The fourth-order valence-corrected chi connectivity index (χ4v) is 1.78. The molecular formula is C15H15F3N2O. The molecule has 0 spiro atoms. The van der Waals surface area contributed by atoms with Crippen molar-refractivity contribution in [1.82, 2.24) is 4.98 Å². The van der Waals surface area contributed by atoms with Crippen LogP contribution >= 0.6 is 0 Å². The number of benzene rings is 1. The maximum atomic E-state index is 12.9. The number of nitrogens with one attached hydrogen (secondary N) is 1. The molecule has 1 aromatic heterocycles. The molecule has 0 aliphatic carbocycles. The predicted octanol–water partition coefficient (Wildman–Crippen LogP) is 4.55. The molecular weight excluding hydrogens is 281 g/mol. The Morgan fingerprint density at radius 3 is 2.43 bits per heavy atom.